The van der Waals surface area contributed by atoms with Crippen molar-refractivity contribution in [3.05, 3.63) is 0 Å². The number of aliphatic hydroxyl groups excluding tert-OH is 1. The lowest BCUT2D eigenvalue weighted by Crippen LogP contribution is -2.51. The van der Waals surface area contributed by atoms with Crippen LogP contribution >= 0.6 is 0 Å². The molecule has 1 aliphatic carbocycles. The van der Waals surface area contributed by atoms with Gasteiger partial charge < -0.3 is 10.4 Å². The molecular formula is C13H23N3O2. The Morgan fingerprint density at radius 2 is 2.11 bits per heavy atom. The first kappa shape index (κ1) is 14.9. The molecule has 1 amide bonds. The standard InChI is InChI=1S/C13H23N3O2/c1-2-16(8-9-17)10-12(18)15-13(11-14)6-4-3-5-7-13/h17H,2-10H2,1H3,(H,15,18). The van der Waals surface area contributed by atoms with Crippen molar-refractivity contribution in [1.29, 1.82) is 5.26 Å². The summed E-state index contributed by atoms with van der Waals surface area (Å²) in [7, 11) is 0. The van der Waals surface area contributed by atoms with E-state index in [9.17, 15) is 10.1 Å². The van der Waals surface area contributed by atoms with Gasteiger partial charge in [-0.3, -0.25) is 9.69 Å². The molecule has 0 saturated heterocycles. The van der Waals surface area contributed by atoms with Crippen molar-refractivity contribution < 1.29 is 9.90 Å². The Hall–Kier alpha value is -1.12. The average Bonchev–Trinajstić information content (AvgIpc) is 2.39. The van der Waals surface area contributed by atoms with E-state index < -0.39 is 5.54 Å². The van der Waals surface area contributed by atoms with Crippen LogP contribution in [0.15, 0.2) is 0 Å². The molecule has 0 bridgehead atoms. The van der Waals surface area contributed by atoms with E-state index >= 15 is 0 Å². The van der Waals surface area contributed by atoms with Crippen molar-refractivity contribution in [2.45, 2.75) is 44.6 Å². The quantitative estimate of drug-likeness (QED) is 0.728. The Labute approximate surface area is 109 Å². The van der Waals surface area contributed by atoms with E-state index in [1.807, 2.05) is 11.8 Å². The van der Waals surface area contributed by atoms with Crippen LogP contribution in [0.3, 0.4) is 0 Å². The molecule has 5 heteroatoms. The summed E-state index contributed by atoms with van der Waals surface area (Å²) in [5.41, 5.74) is -0.659. The highest BCUT2D eigenvalue weighted by atomic mass is 16.3. The molecule has 0 atom stereocenters. The van der Waals surface area contributed by atoms with Crippen LogP contribution in [0.25, 0.3) is 0 Å². The van der Waals surface area contributed by atoms with Crippen molar-refractivity contribution in [2.24, 2.45) is 0 Å². The minimum Gasteiger partial charge on any atom is -0.395 e. The molecule has 1 saturated carbocycles. The summed E-state index contributed by atoms with van der Waals surface area (Å²) < 4.78 is 0. The van der Waals surface area contributed by atoms with Crippen LogP contribution in [0.2, 0.25) is 0 Å². The fourth-order valence-electron chi connectivity index (χ4n) is 2.42. The minimum atomic E-state index is -0.659. The molecule has 1 fully saturated rings. The highest BCUT2D eigenvalue weighted by Gasteiger charge is 2.33. The van der Waals surface area contributed by atoms with Crippen molar-refractivity contribution in [3.8, 4) is 6.07 Å². The number of nitrogens with one attached hydrogen (secondary N) is 1. The van der Waals surface area contributed by atoms with E-state index in [-0.39, 0.29) is 19.1 Å². The molecule has 5 nitrogen and oxygen atoms in total. The second-order valence-electron chi connectivity index (χ2n) is 4.90. The van der Waals surface area contributed by atoms with Gasteiger partial charge in [0.15, 0.2) is 0 Å². The topological polar surface area (TPSA) is 76.4 Å². The summed E-state index contributed by atoms with van der Waals surface area (Å²) in [4.78, 5) is 13.8. The molecule has 18 heavy (non-hydrogen) atoms. The number of carbonyl (C=O) groups excluding carboxylic acids is 1. The van der Waals surface area contributed by atoms with E-state index in [0.717, 1.165) is 32.1 Å². The summed E-state index contributed by atoms with van der Waals surface area (Å²) in [6, 6.07) is 2.27. The Morgan fingerprint density at radius 1 is 1.44 bits per heavy atom. The zero-order valence-electron chi connectivity index (χ0n) is 11.1. The van der Waals surface area contributed by atoms with Crippen LogP contribution < -0.4 is 5.32 Å². The smallest absolute Gasteiger partial charge is 0.235 e. The van der Waals surface area contributed by atoms with Crippen LogP contribution in [0.5, 0.6) is 0 Å². The van der Waals surface area contributed by atoms with Crippen LogP contribution in [0.4, 0.5) is 0 Å². The Bertz CT molecular complexity index is 306. The molecule has 0 spiro atoms. The third-order valence-electron chi connectivity index (χ3n) is 3.53. The fraction of sp³-hybridized carbons (Fsp3) is 0.846. The van der Waals surface area contributed by atoms with Gasteiger partial charge in [0.2, 0.25) is 5.91 Å². The number of carbonyl (C=O) groups is 1. The fourth-order valence-corrected chi connectivity index (χ4v) is 2.42. The number of aliphatic hydroxyl groups is 1. The van der Waals surface area contributed by atoms with Crippen molar-refractivity contribution in [1.82, 2.24) is 10.2 Å². The van der Waals surface area contributed by atoms with E-state index in [1.54, 1.807) is 0 Å². The Morgan fingerprint density at radius 3 is 2.61 bits per heavy atom. The number of nitrogens with zero attached hydrogens (tertiary/aromatic N) is 2. The average molecular weight is 253 g/mol. The van der Waals surface area contributed by atoms with Gasteiger partial charge in [0.05, 0.1) is 19.2 Å². The molecule has 0 aromatic rings. The van der Waals surface area contributed by atoms with Gasteiger partial charge >= 0.3 is 0 Å². The first-order valence-electron chi connectivity index (χ1n) is 6.71. The Kier molecular flexibility index (Phi) is 6.10. The molecule has 0 aliphatic heterocycles. The normalized spacial score (nSPS) is 18.3. The van der Waals surface area contributed by atoms with Crippen LogP contribution in [0, 0.1) is 11.3 Å². The molecular weight excluding hydrogens is 230 g/mol. The molecule has 0 radical (unpaired) electrons. The van der Waals surface area contributed by atoms with Gasteiger partial charge in [-0.1, -0.05) is 26.2 Å². The monoisotopic (exact) mass is 253 g/mol. The summed E-state index contributed by atoms with van der Waals surface area (Å²) in [5, 5.41) is 21.0. The zero-order chi connectivity index (χ0) is 13.4. The molecule has 0 aromatic carbocycles. The number of hydrogen-bond donors (Lipinski definition) is 2. The number of likely N-dealkylation sites (N-methyl/N-ethyl adjacent to an activating group) is 1. The van der Waals surface area contributed by atoms with Gasteiger partial charge in [-0.25, -0.2) is 0 Å². The maximum atomic E-state index is 11.9. The van der Waals surface area contributed by atoms with Crippen LogP contribution in [0.1, 0.15) is 39.0 Å². The summed E-state index contributed by atoms with van der Waals surface area (Å²) >= 11 is 0. The molecule has 0 aromatic heterocycles. The van der Waals surface area contributed by atoms with E-state index in [4.69, 9.17) is 5.11 Å². The number of nitriles is 1. The number of amides is 1. The van der Waals surface area contributed by atoms with Gasteiger partial charge in [-0.2, -0.15) is 5.26 Å². The third kappa shape index (κ3) is 4.28. The van der Waals surface area contributed by atoms with E-state index in [1.165, 1.54) is 0 Å². The maximum Gasteiger partial charge on any atom is 0.235 e. The molecule has 0 heterocycles. The minimum absolute atomic E-state index is 0.0461. The van der Waals surface area contributed by atoms with E-state index in [2.05, 4.69) is 11.4 Å². The molecule has 1 aliphatic rings. The lowest BCUT2D eigenvalue weighted by atomic mass is 9.83. The van der Waals surface area contributed by atoms with Gasteiger partial charge in [0.1, 0.15) is 5.54 Å². The molecule has 102 valence electrons. The third-order valence-corrected chi connectivity index (χ3v) is 3.53. The van der Waals surface area contributed by atoms with Crippen LogP contribution in [-0.4, -0.2) is 47.7 Å². The highest BCUT2D eigenvalue weighted by molar-refractivity contribution is 5.79. The van der Waals surface area contributed by atoms with Crippen molar-refractivity contribution >= 4 is 5.91 Å². The predicted octanol–water partition coefficient (Wildman–Crippen LogP) is 0.643. The lowest BCUT2D eigenvalue weighted by Gasteiger charge is -2.32. The van der Waals surface area contributed by atoms with Crippen molar-refractivity contribution in [3.63, 3.8) is 0 Å². The second-order valence-corrected chi connectivity index (χ2v) is 4.90. The lowest BCUT2D eigenvalue weighted by molar-refractivity contribution is -0.124. The first-order chi connectivity index (χ1) is 8.65. The van der Waals surface area contributed by atoms with Gasteiger partial charge in [-0.15, -0.1) is 0 Å². The first-order valence-corrected chi connectivity index (χ1v) is 6.71. The van der Waals surface area contributed by atoms with Crippen LogP contribution in [-0.2, 0) is 4.79 Å². The molecule has 2 N–H and O–H groups in total. The predicted molar refractivity (Wildman–Crippen MR) is 68.8 cm³/mol. The largest absolute Gasteiger partial charge is 0.395 e. The van der Waals surface area contributed by atoms with E-state index in [0.29, 0.717) is 13.1 Å². The number of hydrogen-bond acceptors (Lipinski definition) is 4. The van der Waals surface area contributed by atoms with Gasteiger partial charge in [0.25, 0.3) is 0 Å². The molecule has 0 unspecified atom stereocenters. The zero-order valence-corrected chi connectivity index (χ0v) is 11.1. The second kappa shape index (κ2) is 7.34. The van der Waals surface area contributed by atoms with Crippen molar-refractivity contribution in [2.75, 3.05) is 26.2 Å². The molecule has 1 rings (SSSR count). The highest BCUT2D eigenvalue weighted by Crippen LogP contribution is 2.27. The number of rotatable bonds is 6. The summed E-state index contributed by atoms with van der Waals surface area (Å²) in [6.07, 6.45) is 4.65. The maximum absolute atomic E-state index is 11.9. The summed E-state index contributed by atoms with van der Waals surface area (Å²) in [5.74, 6) is -0.117. The summed E-state index contributed by atoms with van der Waals surface area (Å²) in [6.45, 7) is 3.45. The Balaban J connectivity index is 2.49. The van der Waals surface area contributed by atoms with Gasteiger partial charge in [-0.05, 0) is 19.4 Å². The van der Waals surface area contributed by atoms with Gasteiger partial charge in [0, 0.05) is 6.54 Å². The SMILES string of the molecule is CCN(CCO)CC(=O)NC1(C#N)CCCCC1.